The Bertz CT molecular complexity index is 1140. The zero-order valence-corrected chi connectivity index (χ0v) is 18.3. The molecular weight excluding hydrogens is 405 g/mol. The van der Waals surface area contributed by atoms with Crippen LogP contribution in [0.25, 0.3) is 0 Å². The van der Waals surface area contributed by atoms with Gasteiger partial charge in [-0.05, 0) is 43.4 Å². The molecule has 2 atom stereocenters. The highest BCUT2D eigenvalue weighted by Crippen LogP contribution is 2.30. The van der Waals surface area contributed by atoms with E-state index in [4.69, 9.17) is 5.26 Å². The maximum absolute atomic E-state index is 13.6. The largest absolute Gasteiger partial charge is 0.345 e. The van der Waals surface area contributed by atoms with Gasteiger partial charge in [0.1, 0.15) is 27.5 Å². The van der Waals surface area contributed by atoms with Crippen molar-refractivity contribution in [2.75, 3.05) is 12.4 Å². The number of fused-ring (bicyclic) bond motifs is 1. The third kappa shape index (κ3) is 4.25. The third-order valence-corrected chi connectivity index (χ3v) is 7.30. The van der Waals surface area contributed by atoms with Crippen LogP contribution in [0.1, 0.15) is 48.3 Å². The zero-order chi connectivity index (χ0) is 22.1. The minimum atomic E-state index is -2.86. The molecule has 1 aromatic carbocycles. The van der Waals surface area contributed by atoms with Crippen LogP contribution in [-0.4, -0.2) is 27.8 Å². The van der Waals surface area contributed by atoms with E-state index in [1.54, 1.807) is 23.9 Å². The number of nitriles is 1. The van der Waals surface area contributed by atoms with Crippen LogP contribution >= 0.6 is 0 Å². The molecule has 2 N–H and O–H groups in total. The summed E-state index contributed by atoms with van der Waals surface area (Å²) in [6.07, 6.45) is 3.87. The second-order valence-electron chi connectivity index (χ2n) is 7.88. The number of benzene rings is 1. The van der Waals surface area contributed by atoms with E-state index in [2.05, 4.69) is 28.2 Å². The van der Waals surface area contributed by atoms with Crippen LogP contribution in [0.5, 0.6) is 0 Å². The number of hydrogen-bond donors (Lipinski definition) is 2. The Labute approximate surface area is 176 Å². The lowest BCUT2D eigenvalue weighted by Crippen LogP contribution is -2.34. The molecule has 30 heavy (non-hydrogen) atoms. The molecule has 1 aliphatic rings. The molecule has 1 amide bonds. The van der Waals surface area contributed by atoms with Gasteiger partial charge in [0, 0.05) is 37.6 Å². The van der Waals surface area contributed by atoms with Crippen molar-refractivity contribution in [2.45, 2.75) is 44.0 Å². The van der Waals surface area contributed by atoms with Crippen LogP contribution in [0.3, 0.4) is 0 Å². The molecule has 0 spiro atoms. The normalized spacial score (nSPS) is 20.9. The topological polar surface area (TPSA) is 99.3 Å². The Morgan fingerprint density at radius 2 is 2.23 bits per heavy atom. The Kier molecular flexibility index (Phi) is 6.29. The first-order valence-electron chi connectivity index (χ1n) is 9.80. The molecule has 2 aromatic rings. The van der Waals surface area contributed by atoms with Crippen molar-refractivity contribution in [1.82, 2.24) is 9.29 Å². The average molecular weight is 432 g/mol. The molecule has 160 valence electrons. The SMILES string of the molecule is CN=S1(=O)N[C@@H](CC(C)C)CCc2c1cn(C)c2C(=O)Nc1ccc(F)c(C#N)c1. The summed E-state index contributed by atoms with van der Waals surface area (Å²) in [5.74, 6) is -0.619. The van der Waals surface area contributed by atoms with Crippen LogP contribution in [0, 0.1) is 23.1 Å². The van der Waals surface area contributed by atoms with E-state index in [0.29, 0.717) is 34.2 Å². The van der Waals surface area contributed by atoms with Gasteiger partial charge >= 0.3 is 0 Å². The molecule has 1 aromatic heterocycles. The Hall–Kier alpha value is -2.70. The van der Waals surface area contributed by atoms with Crippen LogP contribution in [0.4, 0.5) is 10.1 Å². The number of halogens is 1. The molecule has 0 saturated carbocycles. The van der Waals surface area contributed by atoms with E-state index in [9.17, 15) is 13.4 Å². The first-order chi connectivity index (χ1) is 14.2. The average Bonchev–Trinajstić information content (AvgIpc) is 2.97. The number of hydrogen-bond acceptors (Lipinski definition) is 4. The number of nitrogens with zero attached hydrogens (tertiary/aromatic N) is 3. The van der Waals surface area contributed by atoms with Gasteiger partial charge in [-0.3, -0.25) is 4.79 Å². The van der Waals surface area contributed by atoms with Gasteiger partial charge in [0.15, 0.2) is 0 Å². The molecule has 7 nitrogen and oxygen atoms in total. The number of carbonyl (C=O) groups is 1. The highest BCUT2D eigenvalue weighted by molar-refractivity contribution is 7.91. The van der Waals surface area contributed by atoms with Crippen LogP contribution in [0.2, 0.25) is 0 Å². The standard InChI is InChI=1S/C21H26FN5O2S/c1-13(2)9-16-5-7-17-19(30(29,24-3)26-16)12-27(4)20(17)21(28)25-15-6-8-18(22)14(10-15)11-23/h6,8,10,12-13,16H,5,7,9H2,1-4H3,(H,25,28)(H,24,26,29)/t16-,30?/m1/s1. The van der Waals surface area contributed by atoms with Crippen LogP contribution in [-0.2, 0) is 23.4 Å². The Balaban J connectivity index is 1.99. The Morgan fingerprint density at radius 1 is 1.50 bits per heavy atom. The highest BCUT2D eigenvalue weighted by atomic mass is 32.2. The summed E-state index contributed by atoms with van der Waals surface area (Å²) in [5.41, 5.74) is 1.26. The number of nitrogens with one attached hydrogen (secondary N) is 2. The van der Waals surface area contributed by atoms with Crippen LogP contribution in [0.15, 0.2) is 33.7 Å². The maximum atomic E-state index is 13.6. The van der Waals surface area contributed by atoms with Crippen LogP contribution < -0.4 is 10.0 Å². The fourth-order valence-corrected chi connectivity index (χ4v) is 5.79. The lowest BCUT2D eigenvalue weighted by molar-refractivity contribution is 0.101. The van der Waals surface area contributed by atoms with Crippen molar-refractivity contribution in [1.29, 1.82) is 5.26 Å². The molecule has 1 unspecified atom stereocenters. The molecule has 0 bridgehead atoms. The molecule has 3 rings (SSSR count). The van der Waals surface area contributed by atoms with E-state index in [1.165, 1.54) is 19.2 Å². The van der Waals surface area contributed by atoms with E-state index in [-0.39, 0.29) is 11.6 Å². The number of amides is 1. The van der Waals surface area contributed by atoms with Gasteiger partial charge in [0.05, 0.1) is 10.5 Å². The lowest BCUT2D eigenvalue weighted by Gasteiger charge is -2.19. The Morgan fingerprint density at radius 3 is 2.87 bits per heavy atom. The molecule has 1 aliphatic heterocycles. The predicted octanol–water partition coefficient (Wildman–Crippen LogP) is 3.61. The minimum Gasteiger partial charge on any atom is -0.345 e. The van der Waals surface area contributed by atoms with Crippen molar-refractivity contribution in [3.05, 3.63) is 47.0 Å². The van der Waals surface area contributed by atoms with Gasteiger partial charge in [0.25, 0.3) is 5.91 Å². The molecule has 2 heterocycles. The second-order valence-corrected chi connectivity index (χ2v) is 9.98. The summed E-state index contributed by atoms with van der Waals surface area (Å²) in [6, 6.07) is 5.63. The van der Waals surface area contributed by atoms with Crippen molar-refractivity contribution < 1.29 is 13.4 Å². The number of rotatable bonds is 4. The minimum absolute atomic E-state index is 0.0325. The second kappa shape index (κ2) is 8.58. The molecule has 0 aliphatic carbocycles. The van der Waals surface area contributed by atoms with Gasteiger partial charge in [-0.2, -0.15) is 5.26 Å². The fourth-order valence-electron chi connectivity index (χ4n) is 3.86. The fraction of sp³-hybridized carbons (Fsp3) is 0.429. The van der Waals surface area contributed by atoms with Crippen molar-refractivity contribution in [3.8, 4) is 6.07 Å². The smallest absolute Gasteiger partial charge is 0.272 e. The highest BCUT2D eigenvalue weighted by Gasteiger charge is 2.31. The van der Waals surface area contributed by atoms with E-state index in [0.717, 1.165) is 18.9 Å². The summed E-state index contributed by atoms with van der Waals surface area (Å²) in [5, 5.41) is 11.7. The maximum Gasteiger partial charge on any atom is 0.272 e. The van der Waals surface area contributed by atoms with E-state index in [1.807, 2.05) is 0 Å². The summed E-state index contributed by atoms with van der Waals surface area (Å²) in [7, 11) is 0.376. The monoisotopic (exact) mass is 431 g/mol. The summed E-state index contributed by atoms with van der Waals surface area (Å²) < 4.78 is 36.2. The van der Waals surface area contributed by atoms with Crippen molar-refractivity contribution in [3.63, 3.8) is 0 Å². The predicted molar refractivity (Wildman–Crippen MR) is 114 cm³/mol. The van der Waals surface area contributed by atoms with Gasteiger partial charge in [0.2, 0.25) is 0 Å². The summed E-state index contributed by atoms with van der Waals surface area (Å²) in [4.78, 5) is 13.6. The van der Waals surface area contributed by atoms with Gasteiger partial charge in [-0.15, -0.1) is 0 Å². The van der Waals surface area contributed by atoms with Crippen molar-refractivity contribution >= 4 is 21.5 Å². The molecule has 0 saturated heterocycles. The van der Waals surface area contributed by atoms with Gasteiger partial charge in [-0.25, -0.2) is 17.7 Å². The first kappa shape index (κ1) is 22.0. The number of anilines is 1. The van der Waals surface area contributed by atoms with E-state index < -0.39 is 21.6 Å². The number of aryl methyl sites for hydroxylation is 1. The molecule has 0 radical (unpaired) electrons. The van der Waals surface area contributed by atoms with Gasteiger partial charge in [-0.1, -0.05) is 13.8 Å². The lowest BCUT2D eigenvalue weighted by atomic mass is 9.98. The molecule has 0 fully saturated rings. The van der Waals surface area contributed by atoms with E-state index >= 15 is 0 Å². The number of carbonyl (C=O) groups excluding carboxylic acids is 1. The van der Waals surface area contributed by atoms with Crippen molar-refractivity contribution in [2.24, 2.45) is 17.3 Å². The summed E-state index contributed by atoms with van der Waals surface area (Å²) in [6.45, 7) is 4.23. The molecule has 9 heteroatoms. The quantitative estimate of drug-likeness (QED) is 0.773. The van der Waals surface area contributed by atoms with Gasteiger partial charge < -0.3 is 9.88 Å². The zero-order valence-electron chi connectivity index (χ0n) is 17.5. The molecular formula is C21H26FN5O2S. The number of aromatic nitrogens is 1. The third-order valence-electron chi connectivity index (χ3n) is 5.19. The summed E-state index contributed by atoms with van der Waals surface area (Å²) >= 11 is 0. The first-order valence-corrected chi connectivity index (χ1v) is 11.3.